The number of aromatic nitrogens is 3. The predicted octanol–water partition coefficient (Wildman–Crippen LogP) is 3.79. The number of aryl methyl sites for hydroxylation is 1. The number of carbonyl (C=O) groups is 1. The SMILES string of the molecule is Cc1ccc2[nH]ncc2c1N1CCc2c(nc(OCC3CCCN3C)c(C#N)c2N2CCN(C(=O)C=CC3CC3)CC2)C1. The third-order valence-corrected chi connectivity index (χ3v) is 9.64. The zero-order valence-electron chi connectivity index (χ0n) is 25.2. The first-order valence-corrected chi connectivity index (χ1v) is 15.7. The molecule has 3 aliphatic heterocycles. The minimum Gasteiger partial charge on any atom is -0.475 e. The number of ether oxygens (including phenoxy) is 1. The van der Waals surface area contributed by atoms with Gasteiger partial charge in [-0.3, -0.25) is 9.89 Å². The Kier molecular flexibility index (Phi) is 7.43. The molecule has 1 N–H and O–H groups in total. The number of likely N-dealkylation sites (tertiary alicyclic amines) is 1. The highest BCUT2D eigenvalue weighted by Gasteiger charge is 2.32. The van der Waals surface area contributed by atoms with Crippen molar-refractivity contribution in [3.8, 4) is 11.9 Å². The number of hydrogen-bond acceptors (Lipinski definition) is 8. The number of nitriles is 1. The largest absolute Gasteiger partial charge is 0.475 e. The first-order chi connectivity index (χ1) is 21.0. The molecule has 3 fully saturated rings. The maximum atomic E-state index is 12.8. The van der Waals surface area contributed by atoms with Gasteiger partial charge < -0.3 is 24.3 Å². The van der Waals surface area contributed by atoms with Gasteiger partial charge in [0.1, 0.15) is 18.2 Å². The average Bonchev–Trinajstić information content (AvgIpc) is 3.58. The molecule has 43 heavy (non-hydrogen) atoms. The van der Waals surface area contributed by atoms with Gasteiger partial charge in [0.25, 0.3) is 0 Å². The number of rotatable bonds is 7. The van der Waals surface area contributed by atoms with Crippen LogP contribution in [0.3, 0.4) is 0 Å². The quantitative estimate of drug-likeness (QED) is 0.421. The number of hydrogen-bond donors (Lipinski definition) is 1. The molecule has 1 amide bonds. The molecular weight excluding hydrogens is 540 g/mol. The second-order valence-electron chi connectivity index (χ2n) is 12.5. The Labute approximate surface area is 252 Å². The molecule has 2 aromatic heterocycles. The molecule has 10 heteroatoms. The summed E-state index contributed by atoms with van der Waals surface area (Å²) in [7, 11) is 2.13. The van der Waals surface area contributed by atoms with Crippen molar-refractivity contribution in [3.63, 3.8) is 0 Å². The van der Waals surface area contributed by atoms with Crippen LogP contribution in [0.1, 0.15) is 48.1 Å². The number of fused-ring (bicyclic) bond motifs is 2. The fourth-order valence-corrected chi connectivity index (χ4v) is 6.94. The van der Waals surface area contributed by atoms with Crippen molar-refractivity contribution in [1.82, 2.24) is 25.0 Å². The lowest BCUT2D eigenvalue weighted by atomic mass is 9.97. The van der Waals surface area contributed by atoms with Crippen LogP contribution in [0, 0.1) is 24.2 Å². The van der Waals surface area contributed by atoms with Crippen LogP contribution in [-0.4, -0.2) is 89.9 Å². The molecule has 4 aliphatic rings. The number of anilines is 2. The number of nitrogens with zero attached hydrogens (tertiary/aromatic N) is 7. The van der Waals surface area contributed by atoms with E-state index in [0.29, 0.717) is 62.7 Å². The number of carbonyl (C=O) groups excluding carboxylic acids is 1. The molecule has 3 aromatic rings. The van der Waals surface area contributed by atoms with E-state index in [1.165, 1.54) is 24.1 Å². The summed E-state index contributed by atoms with van der Waals surface area (Å²) in [6.45, 7) is 7.78. The molecule has 0 radical (unpaired) electrons. The van der Waals surface area contributed by atoms with Crippen LogP contribution in [0.25, 0.3) is 10.9 Å². The van der Waals surface area contributed by atoms with Gasteiger partial charge in [-0.1, -0.05) is 12.1 Å². The van der Waals surface area contributed by atoms with E-state index in [1.807, 2.05) is 11.1 Å². The third kappa shape index (κ3) is 5.42. The second-order valence-corrected chi connectivity index (χ2v) is 12.5. The summed E-state index contributed by atoms with van der Waals surface area (Å²) >= 11 is 0. The fraction of sp³-hybridized carbons (Fsp3) is 0.515. The minimum absolute atomic E-state index is 0.0907. The highest BCUT2D eigenvalue weighted by atomic mass is 16.5. The number of pyridine rings is 1. The maximum Gasteiger partial charge on any atom is 0.246 e. The van der Waals surface area contributed by atoms with Crippen LogP contribution in [0.4, 0.5) is 11.4 Å². The Hall–Kier alpha value is -4.10. The first kappa shape index (κ1) is 27.7. The number of likely N-dealkylation sites (N-methyl/N-ethyl adjacent to an activating group) is 1. The third-order valence-electron chi connectivity index (χ3n) is 9.64. The van der Waals surface area contributed by atoms with Gasteiger partial charge in [0.15, 0.2) is 0 Å². The van der Waals surface area contributed by atoms with Gasteiger partial charge in [0.05, 0.1) is 35.3 Å². The molecule has 1 aliphatic carbocycles. The predicted molar refractivity (Wildman–Crippen MR) is 166 cm³/mol. The monoisotopic (exact) mass is 580 g/mol. The smallest absolute Gasteiger partial charge is 0.246 e. The van der Waals surface area contributed by atoms with Gasteiger partial charge in [0, 0.05) is 49.7 Å². The van der Waals surface area contributed by atoms with Gasteiger partial charge >= 0.3 is 0 Å². The van der Waals surface area contributed by atoms with Gasteiger partial charge in [-0.05, 0) is 76.2 Å². The number of piperazine rings is 1. The van der Waals surface area contributed by atoms with Crippen LogP contribution < -0.4 is 14.5 Å². The molecular formula is C33H40N8O2. The van der Waals surface area contributed by atoms with Crippen molar-refractivity contribution < 1.29 is 9.53 Å². The Balaban J connectivity index is 1.20. The molecule has 2 saturated heterocycles. The zero-order valence-corrected chi connectivity index (χ0v) is 25.2. The highest BCUT2D eigenvalue weighted by Crippen LogP contribution is 2.40. The van der Waals surface area contributed by atoms with Crippen molar-refractivity contribution in [1.29, 1.82) is 5.26 Å². The first-order valence-electron chi connectivity index (χ1n) is 15.7. The Morgan fingerprint density at radius 3 is 2.70 bits per heavy atom. The van der Waals surface area contributed by atoms with Crippen molar-refractivity contribution in [2.24, 2.45) is 5.92 Å². The second kappa shape index (κ2) is 11.5. The average molecular weight is 581 g/mol. The summed E-state index contributed by atoms with van der Waals surface area (Å²) < 4.78 is 6.41. The Morgan fingerprint density at radius 2 is 1.95 bits per heavy atom. The van der Waals surface area contributed by atoms with E-state index in [2.05, 4.69) is 63.1 Å². The van der Waals surface area contributed by atoms with Crippen LogP contribution in [0.2, 0.25) is 0 Å². The summed E-state index contributed by atoms with van der Waals surface area (Å²) in [5.74, 6) is 1.11. The fourth-order valence-electron chi connectivity index (χ4n) is 6.94. The van der Waals surface area contributed by atoms with Crippen LogP contribution in [0.15, 0.2) is 30.5 Å². The number of amides is 1. The minimum atomic E-state index is 0.0907. The van der Waals surface area contributed by atoms with E-state index in [9.17, 15) is 10.1 Å². The molecule has 224 valence electrons. The standard InChI is InChI=1S/C33H40N8O2/c1-22-5-9-28-27(19-35-37-28)31(22)41-13-11-25-29(20-41)36-33(43-21-24-4-3-12-38(24)2)26(18-34)32(25)40-16-14-39(15-17-40)30(42)10-8-23-6-7-23/h5,8-10,19,23-24H,3-4,6-7,11-17,20-21H2,1-2H3,(H,35,37). The molecule has 7 rings (SSSR count). The number of allylic oxidation sites excluding steroid dienone is 1. The van der Waals surface area contributed by atoms with Crippen LogP contribution >= 0.6 is 0 Å². The van der Waals surface area contributed by atoms with Crippen molar-refractivity contribution >= 4 is 28.2 Å². The number of nitrogens with one attached hydrogen (secondary N) is 1. The Morgan fingerprint density at radius 1 is 1.12 bits per heavy atom. The summed E-state index contributed by atoms with van der Waals surface area (Å²) in [6.07, 6.45) is 11.1. The van der Waals surface area contributed by atoms with Gasteiger partial charge in [-0.2, -0.15) is 10.4 Å². The summed E-state index contributed by atoms with van der Waals surface area (Å²) in [5.41, 5.74) is 6.94. The molecule has 10 nitrogen and oxygen atoms in total. The highest BCUT2D eigenvalue weighted by molar-refractivity contribution is 5.93. The normalized spacial score (nSPS) is 21.0. The Bertz CT molecular complexity index is 1590. The molecule has 1 atom stereocenters. The summed E-state index contributed by atoms with van der Waals surface area (Å²) in [6, 6.07) is 7.02. The van der Waals surface area contributed by atoms with E-state index in [1.54, 1.807) is 6.08 Å². The molecule has 0 bridgehead atoms. The molecule has 0 spiro atoms. The van der Waals surface area contributed by atoms with Gasteiger partial charge in [0.2, 0.25) is 11.8 Å². The van der Waals surface area contributed by atoms with Gasteiger partial charge in [-0.15, -0.1) is 0 Å². The lowest BCUT2D eigenvalue weighted by molar-refractivity contribution is -0.126. The number of benzene rings is 1. The lowest BCUT2D eigenvalue weighted by Gasteiger charge is -2.39. The summed E-state index contributed by atoms with van der Waals surface area (Å²) in [5, 5.41) is 19.0. The topological polar surface area (TPSA) is 105 Å². The molecule has 5 heterocycles. The zero-order chi connectivity index (χ0) is 29.5. The van der Waals surface area contributed by atoms with E-state index in [4.69, 9.17) is 9.72 Å². The maximum absolute atomic E-state index is 12.8. The van der Waals surface area contributed by atoms with Gasteiger partial charge in [-0.25, -0.2) is 4.98 Å². The van der Waals surface area contributed by atoms with E-state index in [0.717, 1.165) is 60.2 Å². The van der Waals surface area contributed by atoms with E-state index < -0.39 is 0 Å². The lowest BCUT2D eigenvalue weighted by Crippen LogP contribution is -2.49. The van der Waals surface area contributed by atoms with Crippen molar-refractivity contribution in [2.45, 2.75) is 51.6 Å². The number of aromatic amines is 1. The van der Waals surface area contributed by atoms with Crippen LogP contribution in [0.5, 0.6) is 5.88 Å². The van der Waals surface area contributed by atoms with Crippen LogP contribution in [-0.2, 0) is 17.8 Å². The van der Waals surface area contributed by atoms with Crippen molar-refractivity contribution in [2.75, 3.05) is 62.7 Å². The molecule has 1 saturated carbocycles. The molecule has 1 aromatic carbocycles. The van der Waals surface area contributed by atoms with Crippen molar-refractivity contribution in [3.05, 3.63) is 52.9 Å². The molecule has 1 unspecified atom stereocenters. The number of H-pyrrole nitrogens is 1. The summed E-state index contributed by atoms with van der Waals surface area (Å²) in [4.78, 5) is 26.8. The van der Waals surface area contributed by atoms with E-state index >= 15 is 0 Å². The van der Waals surface area contributed by atoms with E-state index in [-0.39, 0.29) is 5.91 Å².